The van der Waals surface area contributed by atoms with Crippen LogP contribution in [0.15, 0.2) is 54.6 Å². The predicted octanol–water partition coefficient (Wildman–Crippen LogP) is 4.16. The molecule has 0 unspecified atom stereocenters. The van der Waals surface area contributed by atoms with Crippen LogP contribution in [0, 0.1) is 0 Å². The van der Waals surface area contributed by atoms with Gasteiger partial charge < -0.3 is 5.73 Å². The predicted molar refractivity (Wildman–Crippen MR) is 74.1 cm³/mol. The zero-order valence-corrected chi connectivity index (χ0v) is 10.3. The van der Waals surface area contributed by atoms with Gasteiger partial charge in [0.15, 0.2) is 0 Å². The van der Waals surface area contributed by atoms with Gasteiger partial charge in [0.25, 0.3) is 0 Å². The third-order valence-electron chi connectivity index (χ3n) is 2.31. The van der Waals surface area contributed by atoms with Crippen LogP contribution in [-0.2, 0) is 0 Å². The van der Waals surface area contributed by atoms with Crippen molar-refractivity contribution in [2.45, 2.75) is 0 Å². The normalized spacial score (nSPS) is 11.4. The van der Waals surface area contributed by atoms with Gasteiger partial charge in [0.1, 0.15) is 0 Å². The van der Waals surface area contributed by atoms with Gasteiger partial charge in [0.05, 0.1) is 0 Å². The summed E-state index contributed by atoms with van der Waals surface area (Å²) in [5, 5.41) is 0. The van der Waals surface area contributed by atoms with Crippen molar-refractivity contribution in [2.24, 2.45) is 0 Å². The minimum absolute atomic E-state index is 0.779. The molecule has 0 aromatic heterocycles. The number of hydrogen-bond acceptors (Lipinski definition) is 1. The second-order valence-corrected chi connectivity index (χ2v) is 4.34. The number of anilines is 1. The monoisotopic (exact) mass is 273 g/mol. The lowest BCUT2D eigenvalue weighted by Gasteiger charge is -2.03. The fourth-order valence-electron chi connectivity index (χ4n) is 1.49. The molecule has 0 aliphatic rings. The van der Waals surface area contributed by atoms with Gasteiger partial charge in [-0.2, -0.15) is 0 Å². The van der Waals surface area contributed by atoms with E-state index in [1.54, 1.807) is 0 Å². The van der Waals surface area contributed by atoms with Crippen LogP contribution >= 0.6 is 15.9 Å². The quantitative estimate of drug-likeness (QED) is 0.645. The molecule has 16 heavy (non-hydrogen) atoms. The molecule has 0 aliphatic carbocycles. The molecule has 0 aliphatic heterocycles. The van der Waals surface area contributed by atoms with Gasteiger partial charge in [-0.3, -0.25) is 0 Å². The summed E-state index contributed by atoms with van der Waals surface area (Å²) in [6, 6.07) is 17.9. The number of nitrogen functional groups attached to an aromatic ring is 1. The average molecular weight is 274 g/mol. The summed E-state index contributed by atoms with van der Waals surface area (Å²) >= 11 is 3.55. The molecule has 2 heteroatoms. The lowest BCUT2D eigenvalue weighted by atomic mass is 10.1. The van der Waals surface area contributed by atoms with E-state index in [1.165, 1.54) is 0 Å². The van der Waals surface area contributed by atoms with Crippen molar-refractivity contribution < 1.29 is 0 Å². The fourth-order valence-corrected chi connectivity index (χ4v) is 2.11. The molecule has 0 fully saturated rings. The lowest BCUT2D eigenvalue weighted by Crippen LogP contribution is -1.89. The highest BCUT2D eigenvalue weighted by Gasteiger charge is 2.01. The van der Waals surface area contributed by atoms with E-state index in [2.05, 4.69) is 34.1 Å². The first-order valence-corrected chi connectivity index (χ1v) is 5.84. The minimum atomic E-state index is 0.779. The largest absolute Gasteiger partial charge is 0.398 e. The van der Waals surface area contributed by atoms with Crippen LogP contribution in [0.2, 0.25) is 0 Å². The van der Waals surface area contributed by atoms with Crippen molar-refractivity contribution in [3.05, 3.63) is 65.7 Å². The van der Waals surface area contributed by atoms with Gasteiger partial charge in [-0.1, -0.05) is 64.5 Å². The summed E-state index contributed by atoms with van der Waals surface area (Å²) in [5.74, 6) is 0. The number of benzene rings is 2. The number of nitrogens with two attached hydrogens (primary N) is 1. The average Bonchev–Trinajstić information content (AvgIpc) is 2.31. The standard InChI is InChI=1S/C14H12BrN/c15-13(10-11-6-2-1-3-7-11)12-8-4-5-9-14(12)16/h1-10H,16H2/b13-10-. The Labute approximate surface area is 104 Å². The van der Waals surface area contributed by atoms with Crippen LogP contribution in [0.4, 0.5) is 5.69 Å². The summed E-state index contributed by atoms with van der Waals surface area (Å²) in [6.45, 7) is 0. The van der Waals surface area contributed by atoms with E-state index in [9.17, 15) is 0 Å². The summed E-state index contributed by atoms with van der Waals surface area (Å²) in [7, 11) is 0. The second-order valence-electron chi connectivity index (χ2n) is 3.49. The maximum atomic E-state index is 5.90. The lowest BCUT2D eigenvalue weighted by molar-refractivity contribution is 1.63. The van der Waals surface area contributed by atoms with Crippen LogP contribution in [0.5, 0.6) is 0 Å². The Balaban J connectivity index is 2.36. The first-order valence-electron chi connectivity index (χ1n) is 5.04. The van der Waals surface area contributed by atoms with Crippen LogP contribution < -0.4 is 5.73 Å². The molecular formula is C14H12BrN. The van der Waals surface area contributed by atoms with Gasteiger partial charge in [-0.25, -0.2) is 0 Å². The highest BCUT2D eigenvalue weighted by Crippen LogP contribution is 2.28. The minimum Gasteiger partial charge on any atom is -0.398 e. The number of halogens is 1. The summed E-state index contributed by atoms with van der Waals surface area (Å²) in [6.07, 6.45) is 2.06. The molecule has 0 radical (unpaired) electrons. The van der Waals surface area contributed by atoms with E-state index in [1.807, 2.05) is 42.5 Å². The van der Waals surface area contributed by atoms with Gasteiger partial charge in [-0.15, -0.1) is 0 Å². The van der Waals surface area contributed by atoms with Crippen LogP contribution in [0.25, 0.3) is 10.6 Å². The number of hydrogen-bond donors (Lipinski definition) is 1. The van der Waals surface area contributed by atoms with E-state index < -0.39 is 0 Å². The zero-order valence-electron chi connectivity index (χ0n) is 8.73. The first-order chi connectivity index (χ1) is 7.77. The highest BCUT2D eigenvalue weighted by atomic mass is 79.9. The fraction of sp³-hybridized carbons (Fsp3) is 0. The van der Waals surface area contributed by atoms with Crippen molar-refractivity contribution in [1.82, 2.24) is 0 Å². The van der Waals surface area contributed by atoms with E-state index >= 15 is 0 Å². The van der Waals surface area contributed by atoms with Crippen LogP contribution in [0.3, 0.4) is 0 Å². The Kier molecular flexibility index (Phi) is 3.42. The molecule has 2 aromatic carbocycles. The van der Waals surface area contributed by atoms with E-state index in [-0.39, 0.29) is 0 Å². The van der Waals surface area contributed by atoms with Crippen molar-refractivity contribution in [3.63, 3.8) is 0 Å². The maximum Gasteiger partial charge on any atom is 0.0399 e. The first kappa shape index (κ1) is 11.0. The van der Waals surface area contributed by atoms with Crippen LogP contribution in [-0.4, -0.2) is 0 Å². The Hall–Kier alpha value is -1.54. The van der Waals surface area contributed by atoms with Gasteiger partial charge in [0, 0.05) is 15.7 Å². The summed E-state index contributed by atoms with van der Waals surface area (Å²) in [5.41, 5.74) is 8.85. The molecule has 0 atom stereocenters. The Morgan fingerprint density at radius 3 is 2.25 bits per heavy atom. The van der Waals surface area contributed by atoms with Crippen molar-refractivity contribution >= 4 is 32.2 Å². The Bertz CT molecular complexity index is 503. The molecule has 1 nitrogen and oxygen atoms in total. The van der Waals surface area contributed by atoms with Crippen LogP contribution in [0.1, 0.15) is 11.1 Å². The third-order valence-corrected chi connectivity index (χ3v) is 2.97. The van der Waals surface area contributed by atoms with Crippen molar-refractivity contribution in [2.75, 3.05) is 5.73 Å². The molecule has 0 spiro atoms. The molecule has 2 N–H and O–H groups in total. The van der Waals surface area contributed by atoms with Crippen molar-refractivity contribution in [1.29, 1.82) is 0 Å². The highest BCUT2D eigenvalue weighted by molar-refractivity contribution is 9.15. The zero-order chi connectivity index (χ0) is 11.4. The molecule has 0 saturated heterocycles. The SMILES string of the molecule is Nc1ccccc1/C(Br)=C/c1ccccc1. The molecule has 0 saturated carbocycles. The molecule has 2 rings (SSSR count). The second kappa shape index (κ2) is 4.99. The maximum absolute atomic E-state index is 5.90. The third kappa shape index (κ3) is 2.52. The molecule has 0 bridgehead atoms. The number of para-hydroxylation sites is 1. The van der Waals surface area contributed by atoms with Gasteiger partial charge in [0.2, 0.25) is 0 Å². The molecule has 0 heterocycles. The van der Waals surface area contributed by atoms with Gasteiger partial charge >= 0.3 is 0 Å². The Morgan fingerprint density at radius 2 is 1.56 bits per heavy atom. The smallest absolute Gasteiger partial charge is 0.0399 e. The summed E-state index contributed by atoms with van der Waals surface area (Å²) in [4.78, 5) is 0. The molecule has 0 amide bonds. The molecule has 2 aromatic rings. The Morgan fingerprint density at radius 1 is 0.938 bits per heavy atom. The number of rotatable bonds is 2. The van der Waals surface area contributed by atoms with Crippen molar-refractivity contribution in [3.8, 4) is 0 Å². The molecular weight excluding hydrogens is 262 g/mol. The topological polar surface area (TPSA) is 26.0 Å². The summed E-state index contributed by atoms with van der Waals surface area (Å²) < 4.78 is 0.997. The van der Waals surface area contributed by atoms with E-state index in [4.69, 9.17) is 5.73 Å². The molecule has 80 valence electrons. The van der Waals surface area contributed by atoms with E-state index in [0.717, 1.165) is 21.3 Å². The van der Waals surface area contributed by atoms with E-state index in [0.29, 0.717) is 0 Å². The van der Waals surface area contributed by atoms with Gasteiger partial charge in [-0.05, 0) is 17.7 Å².